The molecule has 66 valence electrons. The maximum atomic E-state index is 4.38. The van der Waals surface area contributed by atoms with Gasteiger partial charge in [-0.25, -0.2) is 4.98 Å². The van der Waals surface area contributed by atoms with Crippen molar-refractivity contribution in [2.75, 3.05) is 0 Å². The molecule has 2 aromatic heterocycles. The summed E-state index contributed by atoms with van der Waals surface area (Å²) in [5, 5.41) is 0. The van der Waals surface area contributed by atoms with E-state index in [9.17, 15) is 0 Å². The van der Waals surface area contributed by atoms with Crippen molar-refractivity contribution in [1.29, 1.82) is 0 Å². The van der Waals surface area contributed by atoms with Crippen molar-refractivity contribution in [3.05, 3.63) is 33.3 Å². The maximum absolute atomic E-state index is 4.38. The van der Waals surface area contributed by atoms with E-state index < -0.39 is 0 Å². The maximum Gasteiger partial charge on any atom is 0.160 e. The lowest BCUT2D eigenvalue weighted by molar-refractivity contribution is 1.29. The molecule has 0 radical (unpaired) electrons. The Labute approximate surface area is 88.8 Å². The van der Waals surface area contributed by atoms with E-state index in [-0.39, 0.29) is 0 Å². The van der Waals surface area contributed by atoms with Crippen molar-refractivity contribution < 1.29 is 0 Å². The van der Waals surface area contributed by atoms with Crippen LogP contribution in [0.2, 0.25) is 0 Å². The van der Waals surface area contributed by atoms with Gasteiger partial charge in [0.1, 0.15) is 0 Å². The first kappa shape index (κ1) is 8.84. The molecule has 0 bridgehead atoms. The van der Waals surface area contributed by atoms with Crippen LogP contribution in [0.5, 0.6) is 0 Å². The summed E-state index contributed by atoms with van der Waals surface area (Å²) in [6.45, 7) is 2.06. The highest BCUT2D eigenvalue weighted by atomic mass is 79.9. The molecule has 0 spiro atoms. The van der Waals surface area contributed by atoms with Crippen LogP contribution in [-0.4, -0.2) is 9.97 Å². The topological polar surface area (TPSA) is 25.8 Å². The van der Waals surface area contributed by atoms with E-state index in [4.69, 9.17) is 0 Å². The molecule has 2 rings (SSSR count). The predicted molar refractivity (Wildman–Crippen MR) is 57.8 cm³/mol. The summed E-state index contributed by atoms with van der Waals surface area (Å²) >= 11 is 5.01. The van der Waals surface area contributed by atoms with Crippen LogP contribution in [0.1, 0.15) is 4.88 Å². The van der Waals surface area contributed by atoms with E-state index in [1.54, 1.807) is 17.5 Å². The lowest BCUT2D eigenvalue weighted by Crippen LogP contribution is -1.80. The fourth-order valence-electron chi connectivity index (χ4n) is 1.13. The third-order valence-corrected chi connectivity index (χ3v) is 3.13. The average molecular weight is 255 g/mol. The first-order valence-electron chi connectivity index (χ1n) is 3.80. The Balaban J connectivity index is 2.53. The Bertz CT molecular complexity index is 411. The summed E-state index contributed by atoms with van der Waals surface area (Å²) < 4.78 is 0.920. The van der Waals surface area contributed by atoms with Crippen LogP contribution in [0.4, 0.5) is 0 Å². The molecule has 2 aromatic rings. The molecule has 0 aromatic carbocycles. The molecule has 0 saturated heterocycles. The minimum absolute atomic E-state index is 0.920. The SMILES string of the molecule is Cc1sc(Br)nc1-c1cccnc1. The molecule has 0 unspecified atom stereocenters. The van der Waals surface area contributed by atoms with Crippen LogP contribution >= 0.6 is 27.3 Å². The molecule has 2 nitrogen and oxygen atoms in total. The van der Waals surface area contributed by atoms with Crippen LogP contribution in [0.25, 0.3) is 11.3 Å². The molecule has 0 aliphatic rings. The summed E-state index contributed by atoms with van der Waals surface area (Å²) in [6.07, 6.45) is 3.59. The zero-order chi connectivity index (χ0) is 9.26. The summed E-state index contributed by atoms with van der Waals surface area (Å²) in [5.74, 6) is 0. The molecule has 0 aliphatic heterocycles. The van der Waals surface area contributed by atoms with Gasteiger partial charge in [0.15, 0.2) is 3.92 Å². The van der Waals surface area contributed by atoms with Gasteiger partial charge in [0.05, 0.1) is 5.69 Å². The van der Waals surface area contributed by atoms with Crippen LogP contribution in [0.15, 0.2) is 28.4 Å². The molecule has 0 amide bonds. The highest BCUT2D eigenvalue weighted by molar-refractivity contribution is 9.11. The smallest absolute Gasteiger partial charge is 0.160 e. The first-order valence-corrected chi connectivity index (χ1v) is 5.41. The Morgan fingerprint density at radius 3 is 2.85 bits per heavy atom. The Morgan fingerprint density at radius 1 is 1.46 bits per heavy atom. The molecule has 0 saturated carbocycles. The van der Waals surface area contributed by atoms with Crippen LogP contribution in [0.3, 0.4) is 0 Å². The van der Waals surface area contributed by atoms with Crippen molar-refractivity contribution in [3.8, 4) is 11.3 Å². The number of rotatable bonds is 1. The van der Waals surface area contributed by atoms with E-state index in [0.29, 0.717) is 0 Å². The van der Waals surface area contributed by atoms with Crippen LogP contribution in [-0.2, 0) is 0 Å². The molecule has 13 heavy (non-hydrogen) atoms. The Morgan fingerprint density at radius 2 is 2.31 bits per heavy atom. The highest BCUT2D eigenvalue weighted by Gasteiger charge is 2.07. The molecule has 2 heterocycles. The second-order valence-corrected chi connectivity index (χ2v) is 5.09. The van der Waals surface area contributed by atoms with E-state index in [1.165, 1.54) is 4.88 Å². The number of hydrogen-bond donors (Lipinski definition) is 0. The van der Waals surface area contributed by atoms with Gasteiger partial charge in [-0.2, -0.15) is 0 Å². The zero-order valence-corrected chi connectivity index (χ0v) is 9.39. The van der Waals surface area contributed by atoms with Crippen molar-refractivity contribution in [3.63, 3.8) is 0 Å². The van der Waals surface area contributed by atoms with E-state index in [0.717, 1.165) is 15.2 Å². The molecule has 0 N–H and O–H groups in total. The zero-order valence-electron chi connectivity index (χ0n) is 6.99. The minimum Gasteiger partial charge on any atom is -0.264 e. The molecule has 0 fully saturated rings. The number of aromatic nitrogens is 2. The van der Waals surface area contributed by atoms with Gasteiger partial charge < -0.3 is 0 Å². The summed E-state index contributed by atoms with van der Waals surface area (Å²) in [6, 6.07) is 3.93. The van der Waals surface area contributed by atoms with Crippen LogP contribution < -0.4 is 0 Å². The minimum atomic E-state index is 0.920. The molecular formula is C9H7BrN2S. The highest BCUT2D eigenvalue weighted by Crippen LogP contribution is 2.29. The fourth-order valence-corrected chi connectivity index (χ4v) is 2.69. The second kappa shape index (κ2) is 3.55. The Hall–Kier alpha value is -0.740. The molecule has 4 heteroatoms. The van der Waals surface area contributed by atoms with Gasteiger partial charge >= 0.3 is 0 Å². The number of nitrogens with zero attached hydrogens (tertiary/aromatic N) is 2. The van der Waals surface area contributed by atoms with E-state index >= 15 is 0 Å². The van der Waals surface area contributed by atoms with Gasteiger partial charge in [0, 0.05) is 22.8 Å². The molecule has 0 atom stereocenters. The predicted octanol–water partition coefficient (Wildman–Crippen LogP) is 3.28. The molecule has 0 aliphatic carbocycles. The normalized spacial score (nSPS) is 10.3. The number of halogens is 1. The van der Waals surface area contributed by atoms with Crippen molar-refractivity contribution in [2.45, 2.75) is 6.92 Å². The van der Waals surface area contributed by atoms with Gasteiger partial charge in [0.25, 0.3) is 0 Å². The number of pyridine rings is 1. The summed E-state index contributed by atoms with van der Waals surface area (Å²) in [4.78, 5) is 9.64. The average Bonchev–Trinajstić information content (AvgIpc) is 2.47. The second-order valence-electron chi connectivity index (χ2n) is 2.61. The lowest BCUT2D eigenvalue weighted by Gasteiger charge is -1.95. The number of thiazole rings is 1. The summed E-state index contributed by atoms with van der Waals surface area (Å²) in [7, 11) is 0. The van der Waals surface area contributed by atoms with Gasteiger partial charge in [0.2, 0.25) is 0 Å². The lowest BCUT2D eigenvalue weighted by atomic mass is 10.2. The van der Waals surface area contributed by atoms with E-state index in [2.05, 4.69) is 32.8 Å². The van der Waals surface area contributed by atoms with Gasteiger partial charge in [-0.3, -0.25) is 4.98 Å². The van der Waals surface area contributed by atoms with Crippen molar-refractivity contribution in [1.82, 2.24) is 9.97 Å². The monoisotopic (exact) mass is 254 g/mol. The summed E-state index contributed by atoms with van der Waals surface area (Å²) in [5.41, 5.74) is 2.09. The molecular weight excluding hydrogens is 248 g/mol. The standard InChI is InChI=1S/C9H7BrN2S/c1-6-8(12-9(10)13-6)7-3-2-4-11-5-7/h2-5H,1H3. The number of hydrogen-bond acceptors (Lipinski definition) is 3. The third-order valence-electron chi connectivity index (χ3n) is 1.71. The first-order chi connectivity index (χ1) is 6.27. The number of aryl methyl sites for hydroxylation is 1. The van der Waals surface area contributed by atoms with Crippen molar-refractivity contribution in [2.24, 2.45) is 0 Å². The van der Waals surface area contributed by atoms with Gasteiger partial charge in [-0.05, 0) is 35.0 Å². The van der Waals surface area contributed by atoms with Crippen molar-refractivity contribution >= 4 is 27.3 Å². The quantitative estimate of drug-likeness (QED) is 0.781. The van der Waals surface area contributed by atoms with Crippen LogP contribution in [0, 0.1) is 6.92 Å². The van der Waals surface area contributed by atoms with Gasteiger partial charge in [-0.1, -0.05) is 0 Å². The van der Waals surface area contributed by atoms with E-state index in [1.807, 2.05) is 18.3 Å². The largest absolute Gasteiger partial charge is 0.264 e. The Kier molecular flexibility index (Phi) is 2.42. The third kappa shape index (κ3) is 1.78. The fraction of sp³-hybridized carbons (Fsp3) is 0.111. The van der Waals surface area contributed by atoms with Gasteiger partial charge in [-0.15, -0.1) is 11.3 Å².